The van der Waals surface area contributed by atoms with E-state index in [1.165, 1.54) is 5.56 Å². The minimum Gasteiger partial charge on any atom is -0.506 e. The van der Waals surface area contributed by atoms with Crippen LogP contribution in [0.15, 0.2) is 53.4 Å². The third-order valence-corrected chi connectivity index (χ3v) is 7.26. The second-order valence-corrected chi connectivity index (χ2v) is 9.91. The Kier molecular flexibility index (Phi) is 10.3. The van der Waals surface area contributed by atoms with Crippen LogP contribution in [0.2, 0.25) is 0 Å². The van der Waals surface area contributed by atoms with Gasteiger partial charge in [0, 0.05) is 29.1 Å². The summed E-state index contributed by atoms with van der Waals surface area (Å²) >= 11 is 1.73. The van der Waals surface area contributed by atoms with Gasteiger partial charge in [-0.25, -0.2) is 0 Å². The number of aromatic hydroxyl groups is 1. The summed E-state index contributed by atoms with van der Waals surface area (Å²) in [6.07, 6.45) is 1.64. The van der Waals surface area contributed by atoms with Crippen molar-refractivity contribution in [1.82, 2.24) is 10.2 Å². The van der Waals surface area contributed by atoms with E-state index in [0.717, 1.165) is 59.8 Å². The number of rotatable bonds is 13. The molecule has 3 aromatic rings. The molecule has 188 valence electrons. The molecule has 3 rings (SSSR count). The van der Waals surface area contributed by atoms with Crippen molar-refractivity contribution in [2.75, 3.05) is 38.5 Å². The molecule has 0 saturated carbocycles. The highest BCUT2D eigenvalue weighted by atomic mass is 32.2. The first-order valence-electron chi connectivity index (χ1n) is 12.5. The van der Waals surface area contributed by atoms with E-state index < -0.39 is 0 Å². The maximum Gasteiger partial charge on any atom is 0.255 e. The molecule has 0 heterocycles. The van der Waals surface area contributed by atoms with Gasteiger partial charge in [-0.1, -0.05) is 55.8 Å². The highest BCUT2D eigenvalue weighted by Gasteiger charge is 2.17. The topological polar surface area (TPSA) is 61.8 Å². The number of carbonyl (C=O) groups excluding carboxylic acids is 1. The maximum absolute atomic E-state index is 12.9. The molecule has 0 saturated heterocycles. The summed E-state index contributed by atoms with van der Waals surface area (Å²) in [5.41, 5.74) is 2.69. The molecule has 5 nitrogen and oxygen atoms in total. The van der Waals surface area contributed by atoms with Crippen molar-refractivity contribution < 1.29 is 14.6 Å². The fourth-order valence-corrected chi connectivity index (χ4v) is 5.22. The molecule has 0 fully saturated rings. The smallest absolute Gasteiger partial charge is 0.255 e. The third kappa shape index (κ3) is 7.39. The van der Waals surface area contributed by atoms with Crippen molar-refractivity contribution >= 4 is 28.4 Å². The molecule has 0 spiro atoms. The molecule has 6 heteroatoms. The minimum atomic E-state index is -0.242. The van der Waals surface area contributed by atoms with Gasteiger partial charge in [-0.2, -0.15) is 0 Å². The molecule has 0 aliphatic carbocycles. The Labute approximate surface area is 213 Å². The molecule has 3 aromatic carbocycles. The predicted octanol–water partition coefficient (Wildman–Crippen LogP) is 6.19. The molecular weight excluding hydrogens is 456 g/mol. The molecule has 0 bridgehead atoms. The molecule has 0 atom stereocenters. The number of nitrogens with zero attached hydrogens (tertiary/aromatic N) is 1. The number of nitrogens with one attached hydrogen (secondary N) is 1. The highest BCUT2D eigenvalue weighted by molar-refractivity contribution is 7.99. The van der Waals surface area contributed by atoms with Crippen LogP contribution in [0.25, 0.3) is 10.8 Å². The lowest BCUT2D eigenvalue weighted by molar-refractivity contribution is 0.0949. The summed E-state index contributed by atoms with van der Waals surface area (Å²) in [5.74, 6) is 1.64. The predicted molar refractivity (Wildman–Crippen MR) is 147 cm³/mol. The molecule has 0 radical (unpaired) electrons. The minimum absolute atomic E-state index is 0.0457. The number of carbonyl (C=O) groups is 1. The van der Waals surface area contributed by atoms with Crippen LogP contribution in [0.4, 0.5) is 0 Å². The Morgan fingerprint density at radius 3 is 2.49 bits per heavy atom. The van der Waals surface area contributed by atoms with Gasteiger partial charge in [-0.15, -0.1) is 11.8 Å². The zero-order valence-electron chi connectivity index (χ0n) is 21.4. The molecule has 35 heavy (non-hydrogen) atoms. The second-order valence-electron chi connectivity index (χ2n) is 8.77. The van der Waals surface area contributed by atoms with Crippen LogP contribution >= 0.6 is 11.8 Å². The summed E-state index contributed by atoms with van der Waals surface area (Å²) in [4.78, 5) is 16.4. The monoisotopic (exact) mass is 494 g/mol. The van der Waals surface area contributed by atoms with Crippen molar-refractivity contribution in [3.63, 3.8) is 0 Å². The molecule has 2 N–H and O–H groups in total. The largest absolute Gasteiger partial charge is 0.506 e. The number of hydrogen-bond donors (Lipinski definition) is 2. The first-order chi connectivity index (χ1) is 16.9. The van der Waals surface area contributed by atoms with E-state index in [1.807, 2.05) is 36.4 Å². The van der Waals surface area contributed by atoms with Crippen LogP contribution in [0, 0.1) is 13.8 Å². The van der Waals surface area contributed by atoms with E-state index in [-0.39, 0.29) is 11.7 Å². The van der Waals surface area contributed by atoms with Crippen LogP contribution in [0.3, 0.4) is 0 Å². The van der Waals surface area contributed by atoms with Gasteiger partial charge < -0.3 is 20.1 Å². The van der Waals surface area contributed by atoms with Gasteiger partial charge in [-0.3, -0.25) is 4.79 Å². The van der Waals surface area contributed by atoms with Crippen molar-refractivity contribution in [1.29, 1.82) is 0 Å². The van der Waals surface area contributed by atoms with Crippen LogP contribution in [-0.4, -0.2) is 54.5 Å². The lowest BCUT2D eigenvalue weighted by Gasteiger charge is -2.18. The highest BCUT2D eigenvalue weighted by Crippen LogP contribution is 2.36. The second kappa shape index (κ2) is 13.4. The van der Waals surface area contributed by atoms with Crippen molar-refractivity contribution in [3.8, 4) is 11.5 Å². The third-order valence-electron chi connectivity index (χ3n) is 6.23. The van der Waals surface area contributed by atoms with Gasteiger partial charge in [0.05, 0.1) is 12.2 Å². The van der Waals surface area contributed by atoms with Gasteiger partial charge in [0.15, 0.2) is 0 Å². The summed E-state index contributed by atoms with van der Waals surface area (Å²) in [7, 11) is 0. The van der Waals surface area contributed by atoms with E-state index in [4.69, 9.17) is 4.74 Å². The Balaban J connectivity index is 1.57. The Hall–Kier alpha value is -2.70. The van der Waals surface area contributed by atoms with Crippen LogP contribution in [-0.2, 0) is 0 Å². The molecule has 1 amide bonds. The Bertz CT molecular complexity index is 1130. The summed E-state index contributed by atoms with van der Waals surface area (Å²) in [6.45, 7) is 12.6. The number of fused-ring (bicyclic) bond motifs is 1. The number of thioether (sulfide) groups is 1. The maximum atomic E-state index is 12.9. The quantitative estimate of drug-likeness (QED) is 0.219. The van der Waals surface area contributed by atoms with Gasteiger partial charge >= 0.3 is 0 Å². The van der Waals surface area contributed by atoms with Crippen LogP contribution < -0.4 is 10.1 Å². The lowest BCUT2D eigenvalue weighted by Crippen LogP contribution is -2.25. The summed E-state index contributed by atoms with van der Waals surface area (Å²) in [6, 6.07) is 15.7. The number of aryl methyl sites for hydroxylation is 2. The van der Waals surface area contributed by atoms with Crippen molar-refractivity contribution in [2.24, 2.45) is 0 Å². The number of hydrogen-bond acceptors (Lipinski definition) is 5. The first kappa shape index (κ1) is 26.9. The normalized spacial score (nSPS) is 11.2. The zero-order chi connectivity index (χ0) is 25.2. The number of unbranched alkanes of at least 4 members (excludes halogenated alkanes) is 1. The van der Waals surface area contributed by atoms with Crippen molar-refractivity contribution in [3.05, 3.63) is 65.2 Å². The number of amides is 1. The SMILES string of the molecule is CCN(CC)CCSc1cc(C(=O)NCCCCOc2ccc(C)cc2C)c(O)c2ccccc12. The summed E-state index contributed by atoms with van der Waals surface area (Å²) < 4.78 is 5.88. The lowest BCUT2D eigenvalue weighted by atomic mass is 10.0. The van der Waals surface area contributed by atoms with Gasteiger partial charge in [0.2, 0.25) is 0 Å². The molecule has 0 aliphatic rings. The van der Waals surface area contributed by atoms with Crippen LogP contribution in [0.5, 0.6) is 11.5 Å². The number of benzene rings is 3. The van der Waals surface area contributed by atoms with E-state index in [0.29, 0.717) is 24.1 Å². The van der Waals surface area contributed by atoms with Crippen molar-refractivity contribution in [2.45, 2.75) is 45.4 Å². The standard InChI is InChI=1S/C29H38N2O3S/c1-5-31(6-2)16-18-35-27-20-25(28(32)24-12-8-7-11-23(24)27)29(33)30-15-9-10-17-34-26-14-13-21(3)19-22(26)4/h7-8,11-14,19-20,32H,5-6,9-10,15-18H2,1-4H3,(H,30,33). The van der Waals surface area contributed by atoms with E-state index in [1.54, 1.807) is 11.8 Å². The van der Waals surface area contributed by atoms with Gasteiger partial charge in [0.25, 0.3) is 5.91 Å². The van der Waals surface area contributed by atoms with Gasteiger partial charge in [0.1, 0.15) is 11.5 Å². The molecule has 0 aromatic heterocycles. The Morgan fingerprint density at radius 1 is 1.03 bits per heavy atom. The average molecular weight is 495 g/mol. The fourth-order valence-electron chi connectivity index (χ4n) is 4.11. The van der Waals surface area contributed by atoms with Crippen LogP contribution in [0.1, 0.15) is 48.2 Å². The summed E-state index contributed by atoms with van der Waals surface area (Å²) in [5, 5.41) is 15.5. The first-order valence-corrected chi connectivity index (χ1v) is 13.5. The molecular formula is C29H38N2O3S. The van der Waals surface area contributed by atoms with E-state index in [2.05, 4.69) is 50.0 Å². The average Bonchev–Trinajstić information content (AvgIpc) is 2.86. The molecule has 0 unspecified atom stereocenters. The van der Waals surface area contributed by atoms with E-state index in [9.17, 15) is 9.90 Å². The number of ether oxygens (including phenoxy) is 1. The fraction of sp³-hybridized carbons (Fsp3) is 0.414. The number of phenolic OH excluding ortho intramolecular Hbond substituents is 1. The van der Waals surface area contributed by atoms with Gasteiger partial charge in [-0.05, 0) is 62.9 Å². The zero-order valence-corrected chi connectivity index (χ0v) is 22.2. The van der Waals surface area contributed by atoms with E-state index >= 15 is 0 Å². The molecule has 0 aliphatic heterocycles. The Morgan fingerprint density at radius 2 is 1.77 bits per heavy atom. The number of phenols is 1.